The first-order chi connectivity index (χ1) is 22.3. The Balaban J connectivity index is 1.19. The molecule has 9 aromatic rings. The first-order valence-corrected chi connectivity index (χ1v) is 16.1. The van der Waals surface area contributed by atoms with Crippen LogP contribution in [0.2, 0.25) is 0 Å². The summed E-state index contributed by atoms with van der Waals surface area (Å²) in [6.07, 6.45) is 0. The van der Waals surface area contributed by atoms with E-state index in [9.17, 15) is 0 Å². The maximum absolute atomic E-state index is 2.45. The van der Waals surface area contributed by atoms with Crippen LogP contribution in [0.5, 0.6) is 0 Å². The highest BCUT2D eigenvalue weighted by Crippen LogP contribution is 2.46. The van der Waals surface area contributed by atoms with E-state index in [0.29, 0.717) is 0 Å². The van der Waals surface area contributed by atoms with E-state index < -0.39 is 0 Å². The highest BCUT2D eigenvalue weighted by molar-refractivity contribution is 7.26. The second-order valence-corrected chi connectivity index (χ2v) is 12.4. The molecule has 0 radical (unpaired) electrons. The zero-order valence-corrected chi connectivity index (χ0v) is 25.3. The molecule has 7 aromatic carbocycles. The van der Waals surface area contributed by atoms with Gasteiger partial charge in [-0.2, -0.15) is 0 Å². The van der Waals surface area contributed by atoms with Crippen molar-refractivity contribution in [2.24, 2.45) is 0 Å². The number of fused-ring (bicyclic) bond motifs is 7. The lowest BCUT2D eigenvalue weighted by Crippen LogP contribution is -2.09. The average Bonchev–Trinajstić information content (AvgIpc) is 3.64. The van der Waals surface area contributed by atoms with Crippen LogP contribution >= 0.6 is 11.3 Å². The second-order valence-electron chi connectivity index (χ2n) is 11.4. The van der Waals surface area contributed by atoms with E-state index in [1.807, 2.05) is 11.3 Å². The van der Waals surface area contributed by atoms with Crippen LogP contribution in [0, 0.1) is 0 Å². The molecule has 2 nitrogen and oxygen atoms in total. The van der Waals surface area contributed by atoms with Gasteiger partial charge in [0.15, 0.2) is 0 Å². The van der Waals surface area contributed by atoms with E-state index >= 15 is 0 Å². The third-order valence-electron chi connectivity index (χ3n) is 8.76. The molecule has 0 spiro atoms. The number of aromatic nitrogens is 1. The summed E-state index contributed by atoms with van der Waals surface area (Å²) >= 11 is 1.90. The molecule has 45 heavy (non-hydrogen) atoms. The molecule has 2 heterocycles. The lowest BCUT2D eigenvalue weighted by atomic mass is 10.0. The Morgan fingerprint density at radius 3 is 1.78 bits per heavy atom. The van der Waals surface area contributed by atoms with Gasteiger partial charge in [0.25, 0.3) is 0 Å². The molecule has 0 bridgehead atoms. The fraction of sp³-hybridized carbons (Fsp3) is 0. The molecule has 0 unspecified atom stereocenters. The minimum Gasteiger partial charge on any atom is -0.311 e. The van der Waals surface area contributed by atoms with Crippen molar-refractivity contribution in [3.63, 3.8) is 0 Å². The van der Waals surface area contributed by atoms with Crippen molar-refractivity contribution in [2.45, 2.75) is 0 Å². The number of rotatable bonds is 5. The minimum atomic E-state index is 1.13. The van der Waals surface area contributed by atoms with E-state index in [1.54, 1.807) is 0 Å². The molecule has 0 amide bonds. The van der Waals surface area contributed by atoms with Gasteiger partial charge in [0, 0.05) is 38.2 Å². The predicted octanol–water partition coefficient (Wildman–Crippen LogP) is 12.3. The third-order valence-corrected chi connectivity index (χ3v) is 9.92. The molecule has 212 valence electrons. The van der Waals surface area contributed by atoms with Gasteiger partial charge in [-0.15, -0.1) is 11.3 Å². The summed E-state index contributed by atoms with van der Waals surface area (Å²) in [6, 6.07) is 61.1. The number of thiophene rings is 1. The summed E-state index contributed by atoms with van der Waals surface area (Å²) in [5.74, 6) is 0. The summed E-state index contributed by atoms with van der Waals surface area (Å²) in [4.78, 5) is 2.30. The highest BCUT2D eigenvalue weighted by atomic mass is 32.1. The van der Waals surface area contributed by atoms with Crippen LogP contribution in [0.4, 0.5) is 17.1 Å². The van der Waals surface area contributed by atoms with Crippen molar-refractivity contribution in [2.75, 3.05) is 4.90 Å². The van der Waals surface area contributed by atoms with Crippen LogP contribution < -0.4 is 4.90 Å². The molecule has 0 atom stereocenters. The maximum Gasteiger partial charge on any atom is 0.0727 e. The smallest absolute Gasteiger partial charge is 0.0727 e. The summed E-state index contributed by atoms with van der Waals surface area (Å²) in [5, 5.41) is 5.20. The summed E-state index contributed by atoms with van der Waals surface area (Å²) in [5.41, 5.74) is 9.58. The standard InChI is InChI=1S/C42H28N2S/c1-4-13-32(14-5-1)43(33-15-6-2-7-16-33)35-24-20-29(21-25-35)31-22-26-37-39(28-31)45-42-40-36-19-11-10-12-30(36)23-27-38(40)44(41(37)42)34-17-8-3-9-18-34/h1-28H. The Hall–Kier alpha value is -5.64. The summed E-state index contributed by atoms with van der Waals surface area (Å²) in [7, 11) is 0. The van der Waals surface area contributed by atoms with Gasteiger partial charge in [0.1, 0.15) is 0 Å². The van der Waals surface area contributed by atoms with Crippen LogP contribution in [0.15, 0.2) is 170 Å². The summed E-state index contributed by atoms with van der Waals surface area (Å²) < 4.78 is 5.09. The lowest BCUT2D eigenvalue weighted by Gasteiger charge is -2.25. The van der Waals surface area contributed by atoms with E-state index in [4.69, 9.17) is 0 Å². The topological polar surface area (TPSA) is 8.17 Å². The zero-order valence-electron chi connectivity index (χ0n) is 24.5. The van der Waals surface area contributed by atoms with Crippen molar-refractivity contribution in [1.82, 2.24) is 4.57 Å². The molecular formula is C42H28N2S. The molecule has 0 saturated carbocycles. The van der Waals surface area contributed by atoms with Crippen LogP contribution in [0.3, 0.4) is 0 Å². The SMILES string of the molecule is c1ccc(N(c2ccccc2)c2ccc(-c3ccc4c(c3)sc3c5c6ccccc6ccc5n(-c5ccccc5)c43)cc2)cc1. The summed E-state index contributed by atoms with van der Waals surface area (Å²) in [6.45, 7) is 0. The average molecular weight is 593 g/mol. The van der Waals surface area contributed by atoms with Gasteiger partial charge >= 0.3 is 0 Å². The Morgan fingerprint density at radius 2 is 1.07 bits per heavy atom. The van der Waals surface area contributed by atoms with E-state index in [2.05, 4.69) is 179 Å². The maximum atomic E-state index is 2.45. The van der Waals surface area contributed by atoms with Gasteiger partial charge < -0.3 is 9.47 Å². The molecule has 3 heteroatoms. The van der Waals surface area contributed by atoms with Crippen molar-refractivity contribution in [3.05, 3.63) is 170 Å². The Morgan fingerprint density at radius 1 is 0.467 bits per heavy atom. The Labute approximate surface area is 265 Å². The fourth-order valence-electron chi connectivity index (χ4n) is 6.71. The van der Waals surface area contributed by atoms with Gasteiger partial charge in [-0.25, -0.2) is 0 Å². The van der Waals surface area contributed by atoms with Gasteiger partial charge in [-0.05, 0) is 82.6 Å². The number of hydrogen-bond acceptors (Lipinski definition) is 2. The number of anilines is 3. The van der Waals surface area contributed by atoms with Gasteiger partial charge in [0.2, 0.25) is 0 Å². The van der Waals surface area contributed by atoms with Crippen molar-refractivity contribution < 1.29 is 0 Å². The molecule has 0 aliphatic rings. The quantitative estimate of drug-likeness (QED) is 0.193. The fourth-order valence-corrected chi connectivity index (χ4v) is 8.00. The number of nitrogens with zero attached hydrogens (tertiary/aromatic N) is 2. The van der Waals surface area contributed by atoms with Crippen LogP contribution in [-0.2, 0) is 0 Å². The molecule has 0 aliphatic heterocycles. The van der Waals surface area contributed by atoms with Crippen LogP contribution in [0.1, 0.15) is 0 Å². The molecule has 0 aliphatic carbocycles. The minimum absolute atomic E-state index is 1.13. The molecular weight excluding hydrogens is 565 g/mol. The van der Waals surface area contributed by atoms with Gasteiger partial charge in [0.05, 0.1) is 15.7 Å². The predicted molar refractivity (Wildman–Crippen MR) is 194 cm³/mol. The van der Waals surface area contributed by atoms with Crippen molar-refractivity contribution >= 4 is 70.4 Å². The molecule has 0 saturated heterocycles. The van der Waals surface area contributed by atoms with Crippen molar-refractivity contribution in [3.8, 4) is 16.8 Å². The Bertz CT molecular complexity index is 2420. The van der Waals surface area contributed by atoms with Gasteiger partial charge in [-0.3, -0.25) is 0 Å². The van der Waals surface area contributed by atoms with Crippen LogP contribution in [-0.4, -0.2) is 4.57 Å². The Kier molecular flexibility index (Phi) is 6.03. The number of benzene rings is 7. The largest absolute Gasteiger partial charge is 0.311 e. The third kappa shape index (κ3) is 4.24. The first kappa shape index (κ1) is 25.8. The zero-order chi connectivity index (χ0) is 29.7. The van der Waals surface area contributed by atoms with Gasteiger partial charge in [-0.1, -0.05) is 109 Å². The number of para-hydroxylation sites is 3. The molecule has 0 fully saturated rings. The number of hydrogen-bond donors (Lipinski definition) is 0. The normalized spacial score (nSPS) is 11.6. The lowest BCUT2D eigenvalue weighted by molar-refractivity contribution is 1.19. The highest BCUT2D eigenvalue weighted by Gasteiger charge is 2.20. The van der Waals surface area contributed by atoms with Crippen molar-refractivity contribution in [1.29, 1.82) is 0 Å². The molecule has 9 rings (SSSR count). The first-order valence-electron chi connectivity index (χ1n) is 15.3. The monoisotopic (exact) mass is 592 g/mol. The van der Waals surface area contributed by atoms with E-state index in [1.165, 1.54) is 58.8 Å². The van der Waals surface area contributed by atoms with Crippen LogP contribution in [0.25, 0.3) is 58.8 Å². The van der Waals surface area contributed by atoms with E-state index in [-0.39, 0.29) is 0 Å². The van der Waals surface area contributed by atoms with E-state index in [0.717, 1.165) is 17.1 Å². The second kappa shape index (κ2) is 10.5. The molecule has 0 N–H and O–H groups in total. The molecule has 2 aromatic heterocycles.